The van der Waals surface area contributed by atoms with Crippen molar-refractivity contribution in [2.24, 2.45) is 5.10 Å². The third-order valence-electron chi connectivity index (χ3n) is 4.82. The van der Waals surface area contributed by atoms with Crippen molar-refractivity contribution in [1.82, 2.24) is 5.43 Å². The fourth-order valence-electron chi connectivity index (χ4n) is 3.02. The van der Waals surface area contributed by atoms with E-state index in [9.17, 15) is 4.79 Å². The van der Waals surface area contributed by atoms with Crippen molar-refractivity contribution < 1.29 is 19.0 Å². The third kappa shape index (κ3) is 6.60. The molecule has 0 aliphatic carbocycles. The second kappa shape index (κ2) is 11.6. The average Bonchev–Trinajstić information content (AvgIpc) is 2.83. The molecule has 6 heteroatoms. The fourth-order valence-corrected chi connectivity index (χ4v) is 3.02. The van der Waals surface area contributed by atoms with Crippen molar-refractivity contribution in [3.63, 3.8) is 0 Å². The maximum absolute atomic E-state index is 12.0. The van der Waals surface area contributed by atoms with Crippen LogP contribution in [0.25, 0.3) is 0 Å². The number of ether oxygens (including phenoxy) is 3. The van der Waals surface area contributed by atoms with Crippen LogP contribution in [0.2, 0.25) is 0 Å². The van der Waals surface area contributed by atoms with E-state index in [1.54, 1.807) is 19.4 Å². The minimum Gasteiger partial charge on any atom is -0.493 e. The number of hydrogen-bond donors (Lipinski definition) is 1. The standard InChI is InChI=1S/C26H28N2O4/c1-4-22-7-5-6-8-23(22)32-18-26(29)28-27-16-21-13-14-24(25(15-21)30-3)31-17-20-11-9-19(2)10-12-20/h5-16H,4,17-18H2,1-3H3,(H,28,29)/b27-16+. The molecule has 3 aromatic carbocycles. The van der Waals surface area contributed by atoms with Gasteiger partial charge < -0.3 is 14.2 Å². The minimum atomic E-state index is -0.336. The van der Waals surface area contributed by atoms with Crippen molar-refractivity contribution in [2.75, 3.05) is 13.7 Å². The van der Waals surface area contributed by atoms with E-state index < -0.39 is 0 Å². The van der Waals surface area contributed by atoms with Crippen LogP contribution in [-0.2, 0) is 17.8 Å². The number of hydrazone groups is 1. The van der Waals surface area contributed by atoms with E-state index >= 15 is 0 Å². The quantitative estimate of drug-likeness (QED) is 0.373. The first-order valence-electron chi connectivity index (χ1n) is 10.5. The highest BCUT2D eigenvalue weighted by molar-refractivity contribution is 5.83. The van der Waals surface area contributed by atoms with E-state index in [4.69, 9.17) is 14.2 Å². The Balaban J connectivity index is 1.52. The molecule has 0 bridgehead atoms. The molecule has 0 radical (unpaired) electrons. The number of benzene rings is 3. The Morgan fingerprint density at radius 1 is 0.969 bits per heavy atom. The topological polar surface area (TPSA) is 69.2 Å². The van der Waals surface area contributed by atoms with E-state index in [2.05, 4.69) is 29.6 Å². The molecule has 0 spiro atoms. The van der Waals surface area contributed by atoms with Gasteiger partial charge in [0.2, 0.25) is 0 Å². The lowest BCUT2D eigenvalue weighted by Gasteiger charge is -2.11. The first kappa shape index (κ1) is 22.9. The lowest BCUT2D eigenvalue weighted by Crippen LogP contribution is -2.24. The summed E-state index contributed by atoms with van der Waals surface area (Å²) in [5.41, 5.74) is 6.58. The third-order valence-corrected chi connectivity index (χ3v) is 4.82. The molecule has 166 valence electrons. The first-order chi connectivity index (χ1) is 15.6. The summed E-state index contributed by atoms with van der Waals surface area (Å²) in [5, 5.41) is 4.00. The van der Waals surface area contributed by atoms with Gasteiger partial charge in [-0.15, -0.1) is 0 Å². The fraction of sp³-hybridized carbons (Fsp3) is 0.231. The average molecular weight is 433 g/mol. The zero-order chi connectivity index (χ0) is 22.8. The Kier molecular flexibility index (Phi) is 8.26. The number of aryl methyl sites for hydroxylation is 2. The summed E-state index contributed by atoms with van der Waals surface area (Å²) in [4.78, 5) is 12.0. The number of carbonyl (C=O) groups is 1. The molecule has 0 aromatic heterocycles. The van der Waals surface area contributed by atoms with Crippen LogP contribution in [0, 0.1) is 6.92 Å². The lowest BCUT2D eigenvalue weighted by molar-refractivity contribution is -0.123. The predicted molar refractivity (Wildman–Crippen MR) is 126 cm³/mol. The second-order valence-electron chi connectivity index (χ2n) is 7.23. The highest BCUT2D eigenvalue weighted by Gasteiger charge is 2.07. The maximum Gasteiger partial charge on any atom is 0.277 e. The molecule has 0 atom stereocenters. The Bertz CT molecular complexity index is 1060. The van der Waals surface area contributed by atoms with Crippen molar-refractivity contribution in [2.45, 2.75) is 26.9 Å². The highest BCUT2D eigenvalue weighted by atomic mass is 16.5. The predicted octanol–water partition coefficient (Wildman–Crippen LogP) is 4.67. The van der Waals surface area contributed by atoms with Gasteiger partial charge >= 0.3 is 0 Å². The molecule has 1 N–H and O–H groups in total. The van der Waals surface area contributed by atoms with Crippen molar-refractivity contribution in [1.29, 1.82) is 0 Å². The van der Waals surface area contributed by atoms with Crippen molar-refractivity contribution in [3.8, 4) is 17.2 Å². The number of rotatable bonds is 10. The summed E-state index contributed by atoms with van der Waals surface area (Å²) in [6.07, 6.45) is 2.38. The van der Waals surface area contributed by atoms with Crippen molar-refractivity contribution in [3.05, 3.63) is 89.0 Å². The SMILES string of the molecule is CCc1ccccc1OCC(=O)N/N=C/c1ccc(OCc2ccc(C)cc2)c(OC)c1. The van der Waals surface area contributed by atoms with Crippen LogP contribution < -0.4 is 19.6 Å². The molecule has 0 unspecified atom stereocenters. The van der Waals surface area contributed by atoms with Crippen LogP contribution in [0.4, 0.5) is 0 Å². The van der Waals surface area contributed by atoms with Gasteiger partial charge in [-0.25, -0.2) is 5.43 Å². The Hall–Kier alpha value is -3.80. The van der Waals surface area contributed by atoms with Gasteiger partial charge in [-0.2, -0.15) is 5.10 Å². The normalized spacial score (nSPS) is 10.7. The van der Waals surface area contributed by atoms with E-state index in [1.165, 1.54) is 5.56 Å². The number of amides is 1. The second-order valence-corrected chi connectivity index (χ2v) is 7.23. The van der Waals surface area contributed by atoms with Gasteiger partial charge in [-0.3, -0.25) is 4.79 Å². The summed E-state index contributed by atoms with van der Waals surface area (Å²) in [7, 11) is 1.59. The van der Waals surface area contributed by atoms with E-state index in [0.29, 0.717) is 23.9 Å². The maximum atomic E-state index is 12.0. The van der Waals surface area contributed by atoms with Crippen molar-refractivity contribution >= 4 is 12.1 Å². The van der Waals surface area contributed by atoms with Crippen LogP contribution in [0.3, 0.4) is 0 Å². The molecule has 0 saturated heterocycles. The molecule has 1 amide bonds. The Morgan fingerprint density at radius 2 is 1.75 bits per heavy atom. The number of methoxy groups -OCH3 is 1. The van der Waals surface area contributed by atoms with Crippen LogP contribution in [-0.4, -0.2) is 25.8 Å². The first-order valence-corrected chi connectivity index (χ1v) is 10.5. The number of carbonyl (C=O) groups excluding carboxylic acids is 1. The van der Waals surface area contributed by atoms with E-state index in [0.717, 1.165) is 23.1 Å². The summed E-state index contributed by atoms with van der Waals surface area (Å²) < 4.78 is 16.9. The van der Waals surface area contributed by atoms with Gasteiger partial charge in [-0.05, 0) is 54.3 Å². The highest BCUT2D eigenvalue weighted by Crippen LogP contribution is 2.28. The lowest BCUT2D eigenvalue weighted by atomic mass is 10.1. The van der Waals surface area contributed by atoms with Crippen LogP contribution in [0.15, 0.2) is 71.8 Å². The molecule has 0 aliphatic heterocycles. The smallest absolute Gasteiger partial charge is 0.277 e. The molecule has 3 aromatic rings. The molecule has 0 aliphatic rings. The zero-order valence-electron chi connectivity index (χ0n) is 18.6. The number of hydrogen-bond acceptors (Lipinski definition) is 5. The number of nitrogens with one attached hydrogen (secondary N) is 1. The van der Waals surface area contributed by atoms with Gasteiger partial charge in [0.25, 0.3) is 5.91 Å². The summed E-state index contributed by atoms with van der Waals surface area (Å²) >= 11 is 0. The minimum absolute atomic E-state index is 0.108. The van der Waals surface area contributed by atoms with Crippen LogP contribution in [0.1, 0.15) is 29.2 Å². The van der Waals surface area contributed by atoms with Gasteiger partial charge in [0.05, 0.1) is 13.3 Å². The van der Waals surface area contributed by atoms with Crippen LogP contribution >= 0.6 is 0 Å². The van der Waals surface area contributed by atoms with Gasteiger partial charge in [0.1, 0.15) is 12.4 Å². The van der Waals surface area contributed by atoms with Gasteiger partial charge in [0, 0.05) is 0 Å². The molecular weight excluding hydrogens is 404 g/mol. The molecule has 6 nitrogen and oxygen atoms in total. The molecule has 0 fully saturated rings. The molecule has 0 saturated carbocycles. The van der Waals surface area contributed by atoms with E-state index in [1.807, 2.05) is 55.5 Å². The Morgan fingerprint density at radius 3 is 2.50 bits per heavy atom. The monoisotopic (exact) mass is 432 g/mol. The number of para-hydroxylation sites is 1. The molecule has 32 heavy (non-hydrogen) atoms. The molecule has 0 heterocycles. The summed E-state index contributed by atoms with van der Waals surface area (Å²) in [6, 6.07) is 21.3. The number of nitrogens with zero attached hydrogens (tertiary/aromatic N) is 1. The summed E-state index contributed by atoms with van der Waals surface area (Å²) in [5.74, 6) is 1.60. The Labute approximate surface area is 188 Å². The van der Waals surface area contributed by atoms with E-state index in [-0.39, 0.29) is 12.5 Å². The molecular formula is C26H28N2O4. The molecule has 3 rings (SSSR count). The van der Waals surface area contributed by atoms with Gasteiger partial charge in [0.15, 0.2) is 18.1 Å². The van der Waals surface area contributed by atoms with Gasteiger partial charge in [-0.1, -0.05) is 55.0 Å². The van der Waals surface area contributed by atoms with Crippen LogP contribution in [0.5, 0.6) is 17.2 Å². The largest absolute Gasteiger partial charge is 0.493 e. The summed E-state index contributed by atoms with van der Waals surface area (Å²) in [6.45, 7) is 4.43. The zero-order valence-corrected chi connectivity index (χ0v) is 18.6.